The lowest BCUT2D eigenvalue weighted by molar-refractivity contribution is -0.000548. The van der Waals surface area contributed by atoms with Crippen molar-refractivity contribution >= 4 is 5.91 Å². The first-order valence-electron chi connectivity index (χ1n) is 10.2. The van der Waals surface area contributed by atoms with Crippen molar-refractivity contribution in [1.82, 2.24) is 14.8 Å². The van der Waals surface area contributed by atoms with Gasteiger partial charge in [0.15, 0.2) is 0 Å². The van der Waals surface area contributed by atoms with Crippen LogP contribution < -0.4 is 0 Å². The van der Waals surface area contributed by atoms with Gasteiger partial charge in [0.1, 0.15) is 0 Å². The molecule has 0 spiro atoms. The maximum absolute atomic E-state index is 12.6. The zero-order valence-electron chi connectivity index (χ0n) is 16.7. The number of likely N-dealkylation sites (tertiary alicyclic amines) is 2. The summed E-state index contributed by atoms with van der Waals surface area (Å²) in [5, 5.41) is 10.1. The van der Waals surface area contributed by atoms with Gasteiger partial charge in [-0.15, -0.1) is 0 Å². The minimum absolute atomic E-state index is 0.000484. The van der Waals surface area contributed by atoms with E-state index in [1.165, 1.54) is 5.57 Å². The number of piperidine rings is 2. The highest BCUT2D eigenvalue weighted by Crippen LogP contribution is 2.36. The van der Waals surface area contributed by atoms with Crippen LogP contribution in [-0.4, -0.2) is 64.6 Å². The van der Waals surface area contributed by atoms with Gasteiger partial charge in [-0.1, -0.05) is 11.6 Å². The summed E-state index contributed by atoms with van der Waals surface area (Å²) in [7, 11) is 0. The molecule has 1 amide bonds. The molecule has 27 heavy (non-hydrogen) atoms. The quantitative estimate of drug-likeness (QED) is 0.808. The molecule has 2 fully saturated rings. The van der Waals surface area contributed by atoms with Crippen molar-refractivity contribution in [1.29, 1.82) is 0 Å². The molecule has 148 valence electrons. The highest BCUT2D eigenvalue weighted by atomic mass is 16.3. The van der Waals surface area contributed by atoms with E-state index >= 15 is 0 Å². The third kappa shape index (κ3) is 4.96. The van der Waals surface area contributed by atoms with Crippen LogP contribution in [0.5, 0.6) is 0 Å². The molecule has 1 atom stereocenters. The third-order valence-corrected chi connectivity index (χ3v) is 6.17. The average Bonchev–Trinajstić information content (AvgIpc) is 2.72. The second-order valence-electron chi connectivity index (χ2n) is 8.48. The number of aliphatic hydroxyl groups is 1. The van der Waals surface area contributed by atoms with Crippen LogP contribution in [0, 0.1) is 5.41 Å². The number of allylic oxidation sites excluding steroid dienone is 2. The van der Waals surface area contributed by atoms with Gasteiger partial charge >= 0.3 is 0 Å². The van der Waals surface area contributed by atoms with Gasteiger partial charge in [-0.2, -0.15) is 0 Å². The fraction of sp³-hybridized carbons (Fsp3) is 0.636. The summed E-state index contributed by atoms with van der Waals surface area (Å²) in [5.41, 5.74) is 2.05. The minimum Gasteiger partial charge on any atom is -0.396 e. The van der Waals surface area contributed by atoms with Gasteiger partial charge in [0.25, 0.3) is 5.91 Å². The number of pyridine rings is 1. The van der Waals surface area contributed by atoms with Crippen molar-refractivity contribution in [2.75, 3.05) is 32.8 Å². The molecule has 5 nitrogen and oxygen atoms in total. The van der Waals surface area contributed by atoms with Crippen LogP contribution in [0.4, 0.5) is 0 Å². The molecule has 1 unspecified atom stereocenters. The molecule has 2 aliphatic heterocycles. The van der Waals surface area contributed by atoms with Crippen LogP contribution in [0.2, 0.25) is 0 Å². The summed E-state index contributed by atoms with van der Waals surface area (Å²) >= 11 is 0. The minimum atomic E-state index is -0.000484. The first-order chi connectivity index (χ1) is 13.0. The highest BCUT2D eigenvalue weighted by molar-refractivity contribution is 5.94. The van der Waals surface area contributed by atoms with Gasteiger partial charge in [-0.25, -0.2) is 0 Å². The largest absolute Gasteiger partial charge is 0.396 e. The van der Waals surface area contributed by atoms with E-state index in [4.69, 9.17) is 0 Å². The molecule has 0 bridgehead atoms. The number of hydrogen-bond acceptors (Lipinski definition) is 4. The molecule has 3 rings (SSSR count). The summed E-state index contributed by atoms with van der Waals surface area (Å²) < 4.78 is 0. The Bertz CT molecular complexity index is 649. The predicted octanol–water partition coefficient (Wildman–Crippen LogP) is 3.12. The average molecular weight is 372 g/mol. The zero-order valence-corrected chi connectivity index (χ0v) is 16.7. The predicted molar refractivity (Wildman–Crippen MR) is 108 cm³/mol. The van der Waals surface area contributed by atoms with Gasteiger partial charge in [0, 0.05) is 49.0 Å². The molecule has 0 aromatic carbocycles. The summed E-state index contributed by atoms with van der Waals surface area (Å²) in [4.78, 5) is 21.2. The number of aromatic nitrogens is 1. The van der Waals surface area contributed by atoms with E-state index < -0.39 is 0 Å². The lowest BCUT2D eigenvalue weighted by Gasteiger charge is -2.47. The van der Waals surface area contributed by atoms with Crippen molar-refractivity contribution in [2.24, 2.45) is 5.41 Å². The number of nitrogens with zero attached hydrogens (tertiary/aromatic N) is 3. The van der Waals surface area contributed by atoms with Gasteiger partial charge in [-0.05, 0) is 64.6 Å². The number of rotatable bonds is 5. The van der Waals surface area contributed by atoms with E-state index in [-0.39, 0.29) is 17.9 Å². The molecule has 2 saturated heterocycles. The first kappa shape index (κ1) is 20.0. The molecule has 1 aromatic rings. The Hall–Kier alpha value is -1.72. The lowest BCUT2D eigenvalue weighted by Crippen LogP contribution is -2.53. The van der Waals surface area contributed by atoms with E-state index in [1.54, 1.807) is 24.5 Å². The standard InChI is InChI=1S/C22H33N3O2/c1-18(2)4-10-22(17-26)9-3-13-25(16-22)20-7-14-24(15-8-20)21(27)19-5-11-23-12-6-19/h4-6,11-12,20,26H,3,7-10,13-17H2,1-2H3. The molecule has 2 aliphatic rings. The smallest absolute Gasteiger partial charge is 0.253 e. The molecule has 3 heterocycles. The monoisotopic (exact) mass is 371 g/mol. The van der Waals surface area contributed by atoms with Crippen LogP contribution in [0.25, 0.3) is 0 Å². The van der Waals surface area contributed by atoms with E-state index in [0.29, 0.717) is 6.04 Å². The number of aliphatic hydroxyl groups excluding tert-OH is 1. The Morgan fingerprint density at radius 3 is 2.59 bits per heavy atom. The molecular formula is C22H33N3O2. The van der Waals surface area contributed by atoms with Gasteiger partial charge < -0.3 is 10.0 Å². The second-order valence-corrected chi connectivity index (χ2v) is 8.48. The second kappa shape index (κ2) is 8.98. The third-order valence-electron chi connectivity index (χ3n) is 6.17. The number of carbonyl (C=O) groups excluding carboxylic acids is 1. The van der Waals surface area contributed by atoms with Crippen LogP contribution in [-0.2, 0) is 0 Å². The lowest BCUT2D eigenvalue weighted by atomic mass is 9.76. The normalized spacial score (nSPS) is 24.6. The molecule has 1 aromatic heterocycles. The Morgan fingerprint density at radius 2 is 1.96 bits per heavy atom. The number of carbonyl (C=O) groups is 1. The van der Waals surface area contributed by atoms with Gasteiger partial charge in [-0.3, -0.25) is 14.7 Å². The summed E-state index contributed by atoms with van der Waals surface area (Å²) in [6.45, 7) is 8.20. The molecule has 1 N–H and O–H groups in total. The molecular weight excluding hydrogens is 338 g/mol. The summed E-state index contributed by atoms with van der Waals surface area (Å²) in [6.07, 6.45) is 10.9. The maximum Gasteiger partial charge on any atom is 0.253 e. The SMILES string of the molecule is CC(C)=CCC1(CO)CCCN(C2CCN(C(=O)c3ccncc3)CC2)C1. The topological polar surface area (TPSA) is 56.7 Å². The van der Waals surface area contributed by atoms with E-state index in [0.717, 1.165) is 63.8 Å². The van der Waals surface area contributed by atoms with Crippen molar-refractivity contribution in [3.8, 4) is 0 Å². The van der Waals surface area contributed by atoms with Crippen molar-refractivity contribution in [2.45, 2.75) is 52.0 Å². The Balaban J connectivity index is 1.57. The van der Waals surface area contributed by atoms with Crippen LogP contribution >= 0.6 is 0 Å². The zero-order chi connectivity index (χ0) is 19.3. The van der Waals surface area contributed by atoms with E-state index in [9.17, 15) is 9.90 Å². The number of amides is 1. The molecule has 5 heteroatoms. The highest BCUT2D eigenvalue weighted by Gasteiger charge is 2.37. The summed E-state index contributed by atoms with van der Waals surface area (Å²) in [6, 6.07) is 4.10. The van der Waals surface area contributed by atoms with Crippen molar-refractivity contribution in [3.63, 3.8) is 0 Å². The Kier molecular flexibility index (Phi) is 6.66. The van der Waals surface area contributed by atoms with Crippen molar-refractivity contribution in [3.05, 3.63) is 41.7 Å². The molecule has 0 saturated carbocycles. The van der Waals surface area contributed by atoms with Gasteiger partial charge in [0.2, 0.25) is 0 Å². The number of hydrogen-bond donors (Lipinski definition) is 1. The molecule has 0 aliphatic carbocycles. The Morgan fingerprint density at radius 1 is 1.26 bits per heavy atom. The molecule has 0 radical (unpaired) electrons. The first-order valence-corrected chi connectivity index (χ1v) is 10.2. The fourth-order valence-corrected chi connectivity index (χ4v) is 4.45. The van der Waals surface area contributed by atoms with Crippen molar-refractivity contribution < 1.29 is 9.90 Å². The fourth-order valence-electron chi connectivity index (χ4n) is 4.45. The summed E-state index contributed by atoms with van der Waals surface area (Å²) in [5.74, 6) is 0.114. The van der Waals surface area contributed by atoms with E-state index in [2.05, 4.69) is 29.8 Å². The van der Waals surface area contributed by atoms with E-state index in [1.807, 2.05) is 4.90 Å². The van der Waals surface area contributed by atoms with Crippen LogP contribution in [0.1, 0.15) is 56.3 Å². The van der Waals surface area contributed by atoms with Gasteiger partial charge in [0.05, 0.1) is 6.61 Å². The van der Waals surface area contributed by atoms with Crippen LogP contribution in [0.3, 0.4) is 0 Å². The maximum atomic E-state index is 12.6. The van der Waals surface area contributed by atoms with Crippen LogP contribution in [0.15, 0.2) is 36.2 Å². The Labute approximate surface area is 163 Å².